The first kappa shape index (κ1) is 63.3. The van der Waals surface area contributed by atoms with Gasteiger partial charge >= 0.3 is 11.9 Å². The summed E-state index contributed by atoms with van der Waals surface area (Å²) in [7, 11) is 0. The fraction of sp³-hybridized carbons (Fsp3) is 0.929. The van der Waals surface area contributed by atoms with Gasteiger partial charge in [0.05, 0.1) is 50.2 Å². The molecular formula is C56H90O25. The highest BCUT2D eigenvalue weighted by Crippen LogP contribution is 2.76. The van der Waals surface area contributed by atoms with Gasteiger partial charge in [0.15, 0.2) is 25.0 Å². The van der Waals surface area contributed by atoms with Gasteiger partial charge in [-0.3, -0.25) is 9.59 Å². The van der Waals surface area contributed by atoms with E-state index in [0.29, 0.717) is 51.4 Å². The molecule has 30 atom stereocenters. The Morgan fingerprint density at radius 2 is 1.16 bits per heavy atom. The highest BCUT2D eigenvalue weighted by atomic mass is 16.8. The van der Waals surface area contributed by atoms with Gasteiger partial charge in [-0.05, 0) is 104 Å². The molecule has 0 aromatic carbocycles. The van der Waals surface area contributed by atoms with Crippen molar-refractivity contribution in [3.8, 4) is 0 Å². The standard InChI is InChI=1S/C56H90O25/c1-23-33(61)37(65)42(70)47(75-23)79-44-40(68)36(64)30(21-73-46-41(69)38(66)34(62)28(19-57)76-46)78-49(44)81-50(72)56-15-13-51(3,4)17-26(56)25-9-10-32-52(5)18-27(60)45(80-48-43(71)39(67)35(63)29(20-58)77-48)53(6,22-74-24(2)59)31(52)11-12-55(32,8)54(25,7)14-16-56/h9,23,26-49,57-58,60-71H,10-22H2,1-8H3. The van der Waals surface area contributed by atoms with E-state index < -0.39 is 200 Å². The molecule has 0 aromatic rings. The van der Waals surface area contributed by atoms with Crippen LogP contribution in [0.1, 0.15) is 113 Å². The van der Waals surface area contributed by atoms with E-state index in [1.807, 2.05) is 6.92 Å². The van der Waals surface area contributed by atoms with Gasteiger partial charge in [-0.2, -0.15) is 0 Å². The van der Waals surface area contributed by atoms with Crippen LogP contribution in [0, 0.1) is 50.2 Å². The molecule has 8 fully saturated rings. The Balaban J connectivity index is 1.02. The number of hydrogen-bond acceptors (Lipinski definition) is 25. The third-order valence-electron chi connectivity index (χ3n) is 21.7. The molecule has 25 heteroatoms. The van der Waals surface area contributed by atoms with Crippen LogP contribution in [0.2, 0.25) is 0 Å². The molecule has 0 amide bonds. The first-order valence-corrected chi connectivity index (χ1v) is 28.8. The zero-order valence-electron chi connectivity index (χ0n) is 47.5. The molecule has 9 rings (SSSR count). The van der Waals surface area contributed by atoms with Crippen molar-refractivity contribution in [2.75, 3.05) is 26.4 Å². The van der Waals surface area contributed by atoms with Crippen molar-refractivity contribution in [2.45, 2.75) is 248 Å². The van der Waals surface area contributed by atoms with Crippen LogP contribution in [0.5, 0.6) is 0 Å². The molecule has 0 aromatic heterocycles. The smallest absolute Gasteiger partial charge is 0.315 e. The van der Waals surface area contributed by atoms with E-state index >= 15 is 4.79 Å². The third kappa shape index (κ3) is 10.7. The summed E-state index contributed by atoms with van der Waals surface area (Å²) >= 11 is 0. The monoisotopic (exact) mass is 1160 g/mol. The van der Waals surface area contributed by atoms with Gasteiger partial charge < -0.3 is 114 Å². The quantitative estimate of drug-likeness (QED) is 0.0515. The van der Waals surface area contributed by atoms with Crippen molar-refractivity contribution >= 4 is 11.9 Å². The average molecular weight is 1160 g/mol. The second kappa shape index (κ2) is 23.2. The van der Waals surface area contributed by atoms with Crippen molar-refractivity contribution in [3.63, 3.8) is 0 Å². The van der Waals surface area contributed by atoms with E-state index in [1.54, 1.807) is 0 Å². The van der Waals surface area contributed by atoms with Crippen molar-refractivity contribution in [1.82, 2.24) is 0 Å². The van der Waals surface area contributed by atoms with Crippen molar-refractivity contribution < 1.29 is 124 Å². The number of allylic oxidation sites excluding steroid dienone is 2. The second-order valence-corrected chi connectivity index (χ2v) is 26.9. The van der Waals surface area contributed by atoms with Crippen LogP contribution in [0.15, 0.2) is 11.6 Å². The Bertz CT molecular complexity index is 2270. The zero-order chi connectivity index (χ0) is 59.4. The Labute approximate surface area is 471 Å². The van der Waals surface area contributed by atoms with E-state index in [2.05, 4.69) is 40.7 Å². The maximum absolute atomic E-state index is 15.6. The molecule has 4 saturated heterocycles. The Morgan fingerprint density at radius 1 is 0.605 bits per heavy atom. The van der Waals surface area contributed by atoms with Crippen LogP contribution >= 0.6 is 0 Å². The predicted octanol–water partition coefficient (Wildman–Crippen LogP) is -2.49. The molecule has 0 bridgehead atoms. The SMILES string of the molecule is CC(=O)OCC1(C)C(OC2OC(CO)C(O)C(O)C2O)C(O)CC2(C)C1CCC1(C)C2CC=C2C3CC(C)(C)CCC3(C(=O)OC3OC(COC4OC(CO)C(O)C(O)C4O)C(O)C(O)C3OC3OC(C)C(O)C(O)C3O)CCC21C. The minimum atomic E-state index is -1.97. The maximum Gasteiger partial charge on any atom is 0.315 e. The molecule has 25 nitrogen and oxygen atoms in total. The number of fused-ring (bicyclic) bond motifs is 7. The highest BCUT2D eigenvalue weighted by Gasteiger charge is 2.72. The lowest BCUT2D eigenvalue weighted by Gasteiger charge is -2.71. The van der Waals surface area contributed by atoms with Gasteiger partial charge in [-0.15, -0.1) is 0 Å². The van der Waals surface area contributed by atoms with Gasteiger partial charge in [0.1, 0.15) is 85.5 Å². The number of carbonyl (C=O) groups is 2. The van der Waals surface area contributed by atoms with E-state index in [4.69, 9.17) is 42.6 Å². The number of carbonyl (C=O) groups excluding carboxylic acids is 2. The lowest BCUT2D eigenvalue weighted by Crippen LogP contribution is -2.69. The summed E-state index contributed by atoms with van der Waals surface area (Å²) < 4.78 is 53.7. The Kier molecular flexibility index (Phi) is 18.1. The summed E-state index contributed by atoms with van der Waals surface area (Å²) in [6, 6.07) is 0. The number of aliphatic hydroxyl groups excluding tert-OH is 14. The summed E-state index contributed by atoms with van der Waals surface area (Å²) in [5.74, 6) is -1.99. The van der Waals surface area contributed by atoms with Crippen LogP contribution in [0.25, 0.3) is 0 Å². The molecule has 14 N–H and O–H groups in total. The van der Waals surface area contributed by atoms with Crippen LogP contribution in [-0.2, 0) is 52.2 Å². The summed E-state index contributed by atoms with van der Waals surface area (Å²) in [6.45, 7) is 13.3. The van der Waals surface area contributed by atoms with Gasteiger partial charge in [0.25, 0.3) is 0 Å². The largest absolute Gasteiger partial charge is 0.465 e. The molecule has 4 aliphatic heterocycles. The number of aliphatic hydroxyl groups is 14. The highest BCUT2D eigenvalue weighted by molar-refractivity contribution is 5.79. The van der Waals surface area contributed by atoms with Gasteiger partial charge in [0.2, 0.25) is 6.29 Å². The third-order valence-corrected chi connectivity index (χ3v) is 21.7. The van der Waals surface area contributed by atoms with Crippen molar-refractivity contribution in [2.24, 2.45) is 50.2 Å². The van der Waals surface area contributed by atoms with Crippen LogP contribution in [0.4, 0.5) is 0 Å². The minimum absolute atomic E-state index is 0.0867. The molecule has 4 saturated carbocycles. The van der Waals surface area contributed by atoms with Gasteiger partial charge in [-0.25, -0.2) is 0 Å². The molecule has 464 valence electrons. The second-order valence-electron chi connectivity index (χ2n) is 26.9. The van der Waals surface area contributed by atoms with E-state index in [1.165, 1.54) is 13.8 Å². The molecule has 0 radical (unpaired) electrons. The fourth-order valence-corrected chi connectivity index (χ4v) is 16.7. The summed E-state index contributed by atoms with van der Waals surface area (Å²) in [5.41, 5.74) is -3.08. The molecule has 5 aliphatic carbocycles. The summed E-state index contributed by atoms with van der Waals surface area (Å²) in [5, 5.41) is 152. The van der Waals surface area contributed by atoms with E-state index in [-0.39, 0.29) is 30.3 Å². The number of hydrogen-bond donors (Lipinski definition) is 14. The molecule has 4 heterocycles. The van der Waals surface area contributed by atoms with E-state index in [0.717, 1.165) is 5.57 Å². The first-order chi connectivity index (χ1) is 37.8. The van der Waals surface area contributed by atoms with Crippen LogP contribution in [-0.4, -0.2) is 245 Å². The maximum atomic E-state index is 15.6. The van der Waals surface area contributed by atoms with Crippen LogP contribution < -0.4 is 0 Å². The lowest BCUT2D eigenvalue weighted by atomic mass is 9.33. The fourth-order valence-electron chi connectivity index (χ4n) is 16.7. The molecule has 9 aliphatic rings. The molecular weight excluding hydrogens is 1070 g/mol. The summed E-state index contributed by atoms with van der Waals surface area (Å²) in [4.78, 5) is 28.2. The van der Waals surface area contributed by atoms with E-state index in [9.17, 15) is 76.3 Å². The van der Waals surface area contributed by atoms with Crippen LogP contribution in [0.3, 0.4) is 0 Å². The molecule has 30 unspecified atom stereocenters. The lowest BCUT2D eigenvalue weighted by molar-refractivity contribution is -0.366. The Morgan fingerprint density at radius 3 is 1.78 bits per heavy atom. The predicted molar refractivity (Wildman–Crippen MR) is 274 cm³/mol. The number of rotatable bonds is 13. The van der Waals surface area contributed by atoms with Gasteiger partial charge in [0, 0.05) is 12.3 Å². The average Bonchev–Trinajstić information content (AvgIpc) is 3.26. The van der Waals surface area contributed by atoms with Crippen molar-refractivity contribution in [3.05, 3.63) is 11.6 Å². The van der Waals surface area contributed by atoms with Gasteiger partial charge in [-0.1, -0.05) is 53.2 Å². The number of esters is 2. The zero-order valence-corrected chi connectivity index (χ0v) is 47.5. The topological polar surface area (TPSA) is 400 Å². The van der Waals surface area contributed by atoms with Crippen molar-refractivity contribution in [1.29, 1.82) is 0 Å². The first-order valence-electron chi connectivity index (χ1n) is 28.8. The summed E-state index contributed by atoms with van der Waals surface area (Å²) in [6.07, 6.45) is -29.0. The normalized spacial score (nSPS) is 53.4. The number of ether oxygens (including phenoxy) is 9. The molecule has 0 spiro atoms. The Hall–Kier alpha value is -2.16. The minimum Gasteiger partial charge on any atom is -0.465 e. The molecule has 81 heavy (non-hydrogen) atoms.